The van der Waals surface area contributed by atoms with Gasteiger partial charge in [0.05, 0.1) is 6.54 Å². The standard InChI is InChI=1S/C17H27N3O/c1-14(2)20(13-15-6-4-3-5-7-15)16-8-10-19(11-9-16)17(21)12-18/h3-7,14,16H,8-13,18H2,1-2H3. The van der Waals surface area contributed by atoms with Crippen LogP contribution in [0.25, 0.3) is 0 Å². The predicted molar refractivity (Wildman–Crippen MR) is 85.8 cm³/mol. The van der Waals surface area contributed by atoms with Gasteiger partial charge in [0.2, 0.25) is 5.91 Å². The number of rotatable bonds is 5. The Morgan fingerprint density at radius 3 is 2.43 bits per heavy atom. The number of hydrogen-bond donors (Lipinski definition) is 1. The van der Waals surface area contributed by atoms with Crippen LogP contribution in [0, 0.1) is 0 Å². The molecule has 0 bridgehead atoms. The first kappa shape index (κ1) is 16.0. The lowest BCUT2D eigenvalue weighted by Crippen LogP contribution is -2.49. The van der Waals surface area contributed by atoms with E-state index in [0.717, 1.165) is 32.5 Å². The van der Waals surface area contributed by atoms with E-state index in [2.05, 4.69) is 49.1 Å². The van der Waals surface area contributed by atoms with Crippen LogP contribution in [0.5, 0.6) is 0 Å². The van der Waals surface area contributed by atoms with Crippen molar-refractivity contribution in [3.63, 3.8) is 0 Å². The van der Waals surface area contributed by atoms with Crippen LogP contribution in [-0.2, 0) is 11.3 Å². The molecule has 1 aliphatic heterocycles. The molecule has 0 radical (unpaired) electrons. The lowest BCUT2D eigenvalue weighted by Gasteiger charge is -2.40. The van der Waals surface area contributed by atoms with Gasteiger partial charge >= 0.3 is 0 Å². The Morgan fingerprint density at radius 1 is 1.29 bits per heavy atom. The molecular formula is C17H27N3O. The smallest absolute Gasteiger partial charge is 0.236 e. The number of piperidine rings is 1. The fourth-order valence-corrected chi connectivity index (χ4v) is 3.10. The Balaban J connectivity index is 1.96. The van der Waals surface area contributed by atoms with E-state index in [1.807, 2.05) is 4.90 Å². The Bertz CT molecular complexity index is 439. The molecule has 116 valence electrons. The number of benzene rings is 1. The summed E-state index contributed by atoms with van der Waals surface area (Å²) in [6.45, 7) is 7.27. The molecule has 1 aromatic carbocycles. The van der Waals surface area contributed by atoms with E-state index in [4.69, 9.17) is 5.73 Å². The number of nitrogens with two attached hydrogens (primary N) is 1. The largest absolute Gasteiger partial charge is 0.341 e. The number of hydrogen-bond acceptors (Lipinski definition) is 3. The van der Waals surface area contributed by atoms with Gasteiger partial charge in [-0.1, -0.05) is 30.3 Å². The molecule has 1 heterocycles. The summed E-state index contributed by atoms with van der Waals surface area (Å²) in [5.41, 5.74) is 6.80. The molecule has 0 unspecified atom stereocenters. The first-order chi connectivity index (χ1) is 10.1. The van der Waals surface area contributed by atoms with Crippen LogP contribution in [0.4, 0.5) is 0 Å². The van der Waals surface area contributed by atoms with Crippen molar-refractivity contribution < 1.29 is 4.79 Å². The molecular weight excluding hydrogens is 262 g/mol. The molecule has 1 saturated heterocycles. The molecule has 0 spiro atoms. The van der Waals surface area contributed by atoms with Crippen LogP contribution in [0.3, 0.4) is 0 Å². The molecule has 2 rings (SSSR count). The molecule has 1 aliphatic rings. The molecule has 0 aromatic heterocycles. The number of carbonyl (C=O) groups is 1. The van der Waals surface area contributed by atoms with Gasteiger partial charge in [-0.15, -0.1) is 0 Å². The summed E-state index contributed by atoms with van der Waals surface area (Å²) in [6, 6.07) is 11.7. The van der Waals surface area contributed by atoms with Gasteiger partial charge in [0.15, 0.2) is 0 Å². The summed E-state index contributed by atoms with van der Waals surface area (Å²) in [5.74, 6) is 0.0765. The highest BCUT2D eigenvalue weighted by Gasteiger charge is 2.27. The minimum Gasteiger partial charge on any atom is -0.341 e. The molecule has 4 heteroatoms. The van der Waals surface area contributed by atoms with Crippen molar-refractivity contribution in [1.29, 1.82) is 0 Å². The van der Waals surface area contributed by atoms with Crippen LogP contribution in [-0.4, -0.2) is 47.4 Å². The minimum absolute atomic E-state index is 0.0765. The normalized spacial score (nSPS) is 16.7. The third-order valence-electron chi connectivity index (χ3n) is 4.33. The Morgan fingerprint density at radius 2 is 1.90 bits per heavy atom. The molecule has 0 atom stereocenters. The second-order valence-corrected chi connectivity index (χ2v) is 6.07. The average Bonchev–Trinajstić information content (AvgIpc) is 2.53. The predicted octanol–water partition coefficient (Wildman–Crippen LogP) is 1.85. The van der Waals surface area contributed by atoms with Gasteiger partial charge in [-0.05, 0) is 32.3 Å². The topological polar surface area (TPSA) is 49.6 Å². The first-order valence-electron chi connectivity index (χ1n) is 7.89. The summed E-state index contributed by atoms with van der Waals surface area (Å²) >= 11 is 0. The zero-order valence-electron chi connectivity index (χ0n) is 13.2. The van der Waals surface area contributed by atoms with Crippen molar-refractivity contribution in [1.82, 2.24) is 9.80 Å². The average molecular weight is 289 g/mol. The number of nitrogens with zero attached hydrogens (tertiary/aromatic N) is 2. The maximum atomic E-state index is 11.7. The zero-order chi connectivity index (χ0) is 15.2. The summed E-state index contributed by atoms with van der Waals surface area (Å²) in [7, 11) is 0. The molecule has 1 fully saturated rings. The van der Waals surface area contributed by atoms with Gasteiger partial charge < -0.3 is 10.6 Å². The molecule has 21 heavy (non-hydrogen) atoms. The van der Waals surface area contributed by atoms with Gasteiger partial charge in [0.25, 0.3) is 0 Å². The first-order valence-corrected chi connectivity index (χ1v) is 7.89. The third-order valence-corrected chi connectivity index (χ3v) is 4.33. The number of likely N-dealkylation sites (tertiary alicyclic amines) is 1. The van der Waals surface area contributed by atoms with Gasteiger partial charge in [0, 0.05) is 31.7 Å². The van der Waals surface area contributed by atoms with Crippen LogP contribution < -0.4 is 5.73 Å². The minimum atomic E-state index is 0.0765. The van der Waals surface area contributed by atoms with Crippen LogP contribution in [0.15, 0.2) is 30.3 Å². The van der Waals surface area contributed by atoms with E-state index in [1.165, 1.54) is 5.56 Å². The highest BCUT2D eigenvalue weighted by molar-refractivity contribution is 5.78. The quantitative estimate of drug-likeness (QED) is 0.900. The van der Waals surface area contributed by atoms with Crippen molar-refractivity contribution in [2.75, 3.05) is 19.6 Å². The van der Waals surface area contributed by atoms with Crippen molar-refractivity contribution in [2.24, 2.45) is 5.73 Å². The van der Waals surface area contributed by atoms with Crippen LogP contribution in [0.1, 0.15) is 32.3 Å². The van der Waals surface area contributed by atoms with Crippen molar-refractivity contribution in [2.45, 2.75) is 45.3 Å². The monoisotopic (exact) mass is 289 g/mol. The van der Waals surface area contributed by atoms with E-state index in [1.54, 1.807) is 0 Å². The zero-order valence-corrected chi connectivity index (χ0v) is 13.2. The number of amides is 1. The summed E-state index contributed by atoms with van der Waals surface area (Å²) in [4.78, 5) is 16.1. The second kappa shape index (κ2) is 7.57. The summed E-state index contributed by atoms with van der Waals surface area (Å²) in [6.07, 6.45) is 2.08. The number of carbonyl (C=O) groups excluding carboxylic acids is 1. The van der Waals surface area contributed by atoms with Crippen LogP contribution in [0.2, 0.25) is 0 Å². The molecule has 1 aromatic rings. The summed E-state index contributed by atoms with van der Waals surface area (Å²) in [5, 5.41) is 0. The second-order valence-electron chi connectivity index (χ2n) is 6.07. The van der Waals surface area contributed by atoms with Gasteiger partial charge in [-0.2, -0.15) is 0 Å². The van der Waals surface area contributed by atoms with E-state index >= 15 is 0 Å². The van der Waals surface area contributed by atoms with Crippen molar-refractivity contribution >= 4 is 5.91 Å². The van der Waals surface area contributed by atoms with Gasteiger partial charge in [-0.3, -0.25) is 9.69 Å². The lowest BCUT2D eigenvalue weighted by atomic mass is 10.0. The third kappa shape index (κ3) is 4.29. The Hall–Kier alpha value is -1.39. The molecule has 0 aliphatic carbocycles. The lowest BCUT2D eigenvalue weighted by molar-refractivity contribution is -0.131. The highest BCUT2D eigenvalue weighted by Crippen LogP contribution is 2.21. The molecule has 0 saturated carbocycles. The molecule has 4 nitrogen and oxygen atoms in total. The van der Waals surface area contributed by atoms with E-state index < -0.39 is 0 Å². The van der Waals surface area contributed by atoms with E-state index in [-0.39, 0.29) is 12.5 Å². The van der Waals surface area contributed by atoms with E-state index in [0.29, 0.717) is 12.1 Å². The Labute approximate surface area is 127 Å². The van der Waals surface area contributed by atoms with E-state index in [9.17, 15) is 4.79 Å². The fourth-order valence-electron chi connectivity index (χ4n) is 3.10. The SMILES string of the molecule is CC(C)N(Cc1ccccc1)C1CCN(C(=O)CN)CC1. The fraction of sp³-hybridized carbons (Fsp3) is 0.588. The molecule has 2 N–H and O–H groups in total. The Kier molecular flexibility index (Phi) is 5.76. The van der Waals surface area contributed by atoms with Crippen molar-refractivity contribution in [3.8, 4) is 0 Å². The van der Waals surface area contributed by atoms with Gasteiger partial charge in [-0.25, -0.2) is 0 Å². The summed E-state index contributed by atoms with van der Waals surface area (Å²) < 4.78 is 0. The maximum Gasteiger partial charge on any atom is 0.236 e. The van der Waals surface area contributed by atoms with Gasteiger partial charge in [0.1, 0.15) is 0 Å². The van der Waals surface area contributed by atoms with Crippen molar-refractivity contribution in [3.05, 3.63) is 35.9 Å². The highest BCUT2D eigenvalue weighted by atomic mass is 16.2. The molecule has 1 amide bonds. The maximum absolute atomic E-state index is 11.7. The van der Waals surface area contributed by atoms with Crippen LogP contribution >= 0.6 is 0 Å².